The molecule has 98 valence electrons. The van der Waals surface area contributed by atoms with Gasteiger partial charge in [-0.05, 0) is 31.5 Å². The zero-order chi connectivity index (χ0) is 13.7. The van der Waals surface area contributed by atoms with Crippen LogP contribution in [0.1, 0.15) is 30.6 Å². The second-order valence-electron chi connectivity index (χ2n) is 3.97. The van der Waals surface area contributed by atoms with Crippen molar-refractivity contribution in [3.63, 3.8) is 0 Å². The Bertz CT molecular complexity index is 463. The van der Waals surface area contributed by atoms with E-state index in [4.69, 9.17) is 5.73 Å². The largest absolute Gasteiger partial charge is 0.366 e. The summed E-state index contributed by atoms with van der Waals surface area (Å²) >= 11 is 0. The van der Waals surface area contributed by atoms with Gasteiger partial charge in [0.25, 0.3) is 5.91 Å². The number of anilines is 1. The predicted octanol–water partition coefficient (Wildman–Crippen LogP) is 1.84. The summed E-state index contributed by atoms with van der Waals surface area (Å²) < 4.78 is 13.2. The van der Waals surface area contributed by atoms with Crippen molar-refractivity contribution in [2.75, 3.05) is 5.32 Å². The van der Waals surface area contributed by atoms with Crippen LogP contribution in [-0.2, 0) is 0 Å². The van der Waals surface area contributed by atoms with Crippen LogP contribution in [0.15, 0.2) is 18.2 Å². The minimum absolute atomic E-state index is 0.0288. The fraction of sp³-hybridized carbons (Fsp3) is 0.333. The number of urea groups is 1. The highest BCUT2D eigenvalue weighted by Gasteiger charge is 2.11. The molecular formula is C12H16FN3O2. The van der Waals surface area contributed by atoms with Crippen molar-refractivity contribution in [3.8, 4) is 0 Å². The smallest absolute Gasteiger partial charge is 0.319 e. The third-order valence-electron chi connectivity index (χ3n) is 2.48. The van der Waals surface area contributed by atoms with Gasteiger partial charge >= 0.3 is 6.03 Å². The minimum atomic E-state index is -0.876. The summed E-state index contributed by atoms with van der Waals surface area (Å²) in [5, 5.41) is 5.19. The standard InChI is InChI=1S/C12H16FN3O2/c1-3-7(2)15-12(18)16-8-4-5-10(13)9(6-8)11(14)17/h4-7H,3H2,1-2H3,(H2,14,17)(H2,15,16,18)/t7-/m1/s1. The van der Waals surface area contributed by atoms with Crippen LogP contribution in [0, 0.1) is 5.82 Å². The monoisotopic (exact) mass is 253 g/mol. The molecule has 0 bridgehead atoms. The predicted molar refractivity (Wildman–Crippen MR) is 66.8 cm³/mol. The molecular weight excluding hydrogens is 237 g/mol. The zero-order valence-electron chi connectivity index (χ0n) is 10.3. The lowest BCUT2D eigenvalue weighted by Gasteiger charge is -2.12. The Kier molecular flexibility index (Phi) is 4.65. The molecule has 18 heavy (non-hydrogen) atoms. The molecule has 1 atom stereocenters. The lowest BCUT2D eigenvalue weighted by Crippen LogP contribution is -2.35. The highest BCUT2D eigenvalue weighted by atomic mass is 19.1. The molecule has 0 aromatic heterocycles. The highest BCUT2D eigenvalue weighted by Crippen LogP contribution is 2.14. The first-order chi connectivity index (χ1) is 8.43. The van der Waals surface area contributed by atoms with Gasteiger partial charge in [-0.2, -0.15) is 0 Å². The van der Waals surface area contributed by atoms with Gasteiger partial charge in [-0.3, -0.25) is 4.79 Å². The van der Waals surface area contributed by atoms with E-state index in [0.29, 0.717) is 5.69 Å². The number of rotatable bonds is 4. The van der Waals surface area contributed by atoms with E-state index >= 15 is 0 Å². The van der Waals surface area contributed by atoms with Gasteiger partial charge in [-0.1, -0.05) is 6.92 Å². The second kappa shape index (κ2) is 6.00. The van der Waals surface area contributed by atoms with E-state index in [1.165, 1.54) is 12.1 Å². The van der Waals surface area contributed by atoms with Crippen LogP contribution in [-0.4, -0.2) is 18.0 Å². The minimum Gasteiger partial charge on any atom is -0.366 e. The summed E-state index contributed by atoms with van der Waals surface area (Å²) in [5.41, 5.74) is 5.07. The molecule has 4 N–H and O–H groups in total. The summed E-state index contributed by atoms with van der Waals surface area (Å²) in [6.45, 7) is 3.80. The van der Waals surface area contributed by atoms with Gasteiger partial charge in [0.1, 0.15) is 5.82 Å². The Balaban J connectivity index is 2.76. The van der Waals surface area contributed by atoms with Crippen LogP contribution in [0.25, 0.3) is 0 Å². The number of halogens is 1. The number of amides is 3. The summed E-state index contributed by atoms with van der Waals surface area (Å²) in [6.07, 6.45) is 0.795. The van der Waals surface area contributed by atoms with Crippen molar-refractivity contribution < 1.29 is 14.0 Å². The number of hydrogen-bond donors (Lipinski definition) is 3. The van der Waals surface area contributed by atoms with E-state index < -0.39 is 17.8 Å². The van der Waals surface area contributed by atoms with Gasteiger partial charge < -0.3 is 16.4 Å². The third-order valence-corrected chi connectivity index (χ3v) is 2.48. The lowest BCUT2D eigenvalue weighted by molar-refractivity contribution is 0.0996. The van der Waals surface area contributed by atoms with E-state index in [2.05, 4.69) is 10.6 Å². The molecule has 0 aliphatic carbocycles. The van der Waals surface area contributed by atoms with Crippen LogP contribution in [0.2, 0.25) is 0 Å². The Morgan fingerprint density at radius 1 is 1.44 bits per heavy atom. The molecule has 0 saturated heterocycles. The number of hydrogen-bond acceptors (Lipinski definition) is 2. The molecule has 0 saturated carbocycles. The van der Waals surface area contributed by atoms with Crippen LogP contribution < -0.4 is 16.4 Å². The summed E-state index contributed by atoms with van der Waals surface area (Å²) in [7, 11) is 0. The molecule has 0 spiro atoms. The Hall–Kier alpha value is -2.11. The van der Waals surface area contributed by atoms with Crippen molar-refractivity contribution in [2.24, 2.45) is 5.73 Å². The normalized spacial score (nSPS) is 11.7. The fourth-order valence-electron chi connectivity index (χ4n) is 1.28. The Morgan fingerprint density at radius 2 is 2.11 bits per heavy atom. The molecule has 5 nitrogen and oxygen atoms in total. The molecule has 1 aromatic rings. The highest BCUT2D eigenvalue weighted by molar-refractivity contribution is 5.96. The van der Waals surface area contributed by atoms with Gasteiger partial charge in [0.15, 0.2) is 0 Å². The van der Waals surface area contributed by atoms with Gasteiger partial charge in [0.2, 0.25) is 0 Å². The maximum Gasteiger partial charge on any atom is 0.319 e. The van der Waals surface area contributed by atoms with Crippen molar-refractivity contribution in [1.29, 1.82) is 0 Å². The van der Waals surface area contributed by atoms with Gasteiger partial charge in [0, 0.05) is 11.7 Å². The van der Waals surface area contributed by atoms with Crippen LogP contribution in [0.4, 0.5) is 14.9 Å². The number of carbonyl (C=O) groups is 2. The molecule has 0 aliphatic rings. The van der Waals surface area contributed by atoms with Crippen molar-refractivity contribution in [2.45, 2.75) is 26.3 Å². The number of nitrogens with one attached hydrogen (secondary N) is 2. The number of nitrogens with two attached hydrogens (primary N) is 1. The quantitative estimate of drug-likeness (QED) is 0.765. The van der Waals surface area contributed by atoms with E-state index in [9.17, 15) is 14.0 Å². The van der Waals surface area contributed by atoms with Crippen LogP contribution in [0.3, 0.4) is 0 Å². The average Bonchev–Trinajstić information content (AvgIpc) is 2.31. The summed E-state index contributed by atoms with van der Waals surface area (Å²) in [4.78, 5) is 22.5. The van der Waals surface area contributed by atoms with Gasteiger partial charge in [-0.15, -0.1) is 0 Å². The Morgan fingerprint density at radius 3 is 2.67 bits per heavy atom. The molecule has 6 heteroatoms. The van der Waals surface area contributed by atoms with Gasteiger partial charge in [0.05, 0.1) is 5.56 Å². The van der Waals surface area contributed by atoms with E-state index in [0.717, 1.165) is 12.5 Å². The van der Waals surface area contributed by atoms with Crippen molar-refractivity contribution in [3.05, 3.63) is 29.6 Å². The summed E-state index contributed by atoms with van der Waals surface area (Å²) in [5.74, 6) is -1.59. The number of carbonyl (C=O) groups excluding carboxylic acids is 2. The molecule has 1 aromatic carbocycles. The molecule has 0 fully saturated rings. The SMILES string of the molecule is CC[C@@H](C)NC(=O)Nc1ccc(F)c(C(N)=O)c1. The lowest BCUT2D eigenvalue weighted by atomic mass is 10.2. The van der Waals surface area contributed by atoms with Gasteiger partial charge in [-0.25, -0.2) is 9.18 Å². The maximum absolute atomic E-state index is 13.2. The van der Waals surface area contributed by atoms with Crippen LogP contribution in [0.5, 0.6) is 0 Å². The van der Waals surface area contributed by atoms with Crippen molar-refractivity contribution in [1.82, 2.24) is 5.32 Å². The topological polar surface area (TPSA) is 84.2 Å². The third kappa shape index (κ3) is 3.73. The molecule has 0 aliphatic heterocycles. The number of primary amides is 1. The number of benzene rings is 1. The molecule has 0 unspecified atom stereocenters. The second-order valence-corrected chi connectivity index (χ2v) is 3.97. The van der Waals surface area contributed by atoms with E-state index in [1.807, 2.05) is 13.8 Å². The molecule has 0 radical (unpaired) electrons. The zero-order valence-corrected chi connectivity index (χ0v) is 10.3. The van der Waals surface area contributed by atoms with E-state index in [1.54, 1.807) is 0 Å². The van der Waals surface area contributed by atoms with Crippen LogP contribution >= 0.6 is 0 Å². The van der Waals surface area contributed by atoms with E-state index in [-0.39, 0.29) is 11.6 Å². The molecule has 0 heterocycles. The molecule has 3 amide bonds. The fourth-order valence-corrected chi connectivity index (χ4v) is 1.28. The Labute approximate surface area is 105 Å². The first kappa shape index (κ1) is 14.0. The average molecular weight is 253 g/mol. The van der Waals surface area contributed by atoms with Crippen molar-refractivity contribution >= 4 is 17.6 Å². The first-order valence-electron chi connectivity index (χ1n) is 5.61. The summed E-state index contributed by atoms with van der Waals surface area (Å²) in [6, 6.07) is 3.26. The maximum atomic E-state index is 13.2. The first-order valence-corrected chi connectivity index (χ1v) is 5.61. The molecule has 1 rings (SSSR count).